The van der Waals surface area contributed by atoms with Crippen molar-refractivity contribution in [1.29, 1.82) is 0 Å². The lowest BCUT2D eigenvalue weighted by atomic mass is 9.92. The number of hydrogen-bond donors (Lipinski definition) is 1. The van der Waals surface area contributed by atoms with Gasteiger partial charge in [-0.25, -0.2) is 4.79 Å². The van der Waals surface area contributed by atoms with Crippen LogP contribution < -0.4 is 0 Å². The van der Waals surface area contributed by atoms with Gasteiger partial charge < -0.3 is 5.11 Å². The second kappa shape index (κ2) is 8.38. The van der Waals surface area contributed by atoms with Crippen molar-refractivity contribution in [2.24, 2.45) is 0 Å². The van der Waals surface area contributed by atoms with Gasteiger partial charge in [-0.1, -0.05) is 81.1 Å². The van der Waals surface area contributed by atoms with Crippen molar-refractivity contribution < 1.29 is 9.90 Å². The number of carbonyl (C=O) groups is 1. The van der Waals surface area contributed by atoms with Crippen molar-refractivity contribution in [3.8, 4) is 11.1 Å². The smallest absolute Gasteiger partial charge is 0.336 e. The van der Waals surface area contributed by atoms with Gasteiger partial charge in [0.15, 0.2) is 0 Å². The van der Waals surface area contributed by atoms with E-state index in [0.717, 1.165) is 29.5 Å². The average Bonchev–Trinajstić information content (AvgIpc) is 2.55. The molecule has 0 aromatic heterocycles. The average molecular weight is 296 g/mol. The first-order chi connectivity index (χ1) is 10.7. The maximum Gasteiger partial charge on any atom is 0.336 e. The molecule has 0 aliphatic rings. The molecule has 0 amide bonds. The van der Waals surface area contributed by atoms with E-state index < -0.39 is 5.97 Å². The zero-order valence-electron chi connectivity index (χ0n) is 13.2. The van der Waals surface area contributed by atoms with E-state index >= 15 is 0 Å². The van der Waals surface area contributed by atoms with Gasteiger partial charge in [0.1, 0.15) is 0 Å². The minimum Gasteiger partial charge on any atom is -0.478 e. The number of aromatic carboxylic acids is 1. The summed E-state index contributed by atoms with van der Waals surface area (Å²) in [5, 5.41) is 9.65. The van der Waals surface area contributed by atoms with Gasteiger partial charge in [0.25, 0.3) is 0 Å². The Morgan fingerprint density at radius 2 is 1.64 bits per heavy atom. The van der Waals surface area contributed by atoms with Crippen molar-refractivity contribution in [1.82, 2.24) is 0 Å². The molecule has 2 nitrogen and oxygen atoms in total. The Morgan fingerprint density at radius 1 is 0.909 bits per heavy atom. The minimum absolute atomic E-state index is 0.462. The predicted octanol–water partition coefficient (Wildman–Crippen LogP) is 5.56. The molecule has 0 bridgehead atoms. The fraction of sp³-hybridized carbons (Fsp3) is 0.350. The van der Waals surface area contributed by atoms with Gasteiger partial charge in [0.05, 0.1) is 5.56 Å². The molecule has 0 aliphatic heterocycles. The summed E-state index contributed by atoms with van der Waals surface area (Å²) in [6, 6.07) is 15.6. The Labute approximate surface area is 132 Å². The Kier molecular flexibility index (Phi) is 6.20. The molecule has 1 N–H and O–H groups in total. The van der Waals surface area contributed by atoms with Crippen molar-refractivity contribution in [2.45, 2.75) is 45.4 Å². The molecule has 0 saturated heterocycles. The van der Waals surface area contributed by atoms with Gasteiger partial charge in [-0.2, -0.15) is 0 Å². The number of benzene rings is 2. The van der Waals surface area contributed by atoms with Crippen LogP contribution in [0.1, 0.15) is 54.9 Å². The molecule has 0 radical (unpaired) electrons. The summed E-state index contributed by atoms with van der Waals surface area (Å²) in [5.41, 5.74) is 3.20. The molecule has 116 valence electrons. The zero-order valence-corrected chi connectivity index (χ0v) is 13.2. The third-order valence-corrected chi connectivity index (χ3v) is 4.00. The summed E-state index contributed by atoms with van der Waals surface area (Å²) in [6.07, 6.45) is 6.78. The molecular weight excluding hydrogens is 272 g/mol. The monoisotopic (exact) mass is 296 g/mol. The van der Waals surface area contributed by atoms with Crippen LogP contribution in [-0.4, -0.2) is 11.1 Å². The molecule has 2 aromatic carbocycles. The Hall–Kier alpha value is -2.09. The molecule has 2 rings (SSSR count). The van der Waals surface area contributed by atoms with Crippen molar-refractivity contribution in [3.05, 3.63) is 59.7 Å². The summed E-state index contributed by atoms with van der Waals surface area (Å²) < 4.78 is 0. The lowest BCUT2D eigenvalue weighted by Crippen LogP contribution is -2.05. The highest BCUT2D eigenvalue weighted by atomic mass is 16.4. The van der Waals surface area contributed by atoms with Crippen molar-refractivity contribution in [3.63, 3.8) is 0 Å². The van der Waals surface area contributed by atoms with E-state index in [0.29, 0.717) is 5.56 Å². The Balaban J connectivity index is 2.22. The van der Waals surface area contributed by atoms with Crippen LogP contribution in [0.25, 0.3) is 11.1 Å². The van der Waals surface area contributed by atoms with Gasteiger partial charge >= 0.3 is 5.97 Å². The first-order valence-electron chi connectivity index (χ1n) is 8.14. The number of aryl methyl sites for hydroxylation is 1. The van der Waals surface area contributed by atoms with E-state index in [-0.39, 0.29) is 0 Å². The second-order valence-corrected chi connectivity index (χ2v) is 5.68. The number of rotatable bonds is 8. The van der Waals surface area contributed by atoms with E-state index in [2.05, 4.69) is 6.92 Å². The Bertz CT molecular complexity index is 602. The lowest BCUT2D eigenvalue weighted by Gasteiger charge is -2.12. The number of hydrogen-bond acceptors (Lipinski definition) is 1. The van der Waals surface area contributed by atoms with Crippen LogP contribution in [0, 0.1) is 0 Å². The molecule has 22 heavy (non-hydrogen) atoms. The number of carboxylic acid groups (broad SMARTS) is 1. The first kappa shape index (κ1) is 16.3. The molecular formula is C20H24O2. The van der Waals surface area contributed by atoms with Crippen LogP contribution in [-0.2, 0) is 6.42 Å². The summed E-state index contributed by atoms with van der Waals surface area (Å²) in [7, 11) is 0. The summed E-state index contributed by atoms with van der Waals surface area (Å²) in [6.45, 7) is 2.20. The van der Waals surface area contributed by atoms with Gasteiger partial charge in [0.2, 0.25) is 0 Å². The van der Waals surface area contributed by atoms with Crippen molar-refractivity contribution >= 4 is 5.97 Å². The third kappa shape index (κ3) is 4.20. The molecule has 0 atom stereocenters. The normalized spacial score (nSPS) is 10.6. The summed E-state index contributed by atoms with van der Waals surface area (Å²) in [5.74, 6) is -0.831. The van der Waals surface area contributed by atoms with Crippen LogP contribution >= 0.6 is 0 Å². The van der Waals surface area contributed by atoms with Crippen molar-refractivity contribution in [2.75, 3.05) is 0 Å². The molecule has 2 aromatic rings. The van der Waals surface area contributed by atoms with Crippen LogP contribution in [0.5, 0.6) is 0 Å². The van der Waals surface area contributed by atoms with E-state index in [1.807, 2.05) is 48.5 Å². The van der Waals surface area contributed by atoms with Crippen LogP contribution in [0.2, 0.25) is 0 Å². The standard InChI is InChI=1S/C20H24O2/c1-2-3-4-5-7-13-17-14-10-15-18(19(17)20(21)22)16-11-8-6-9-12-16/h6,8-12,14-15H,2-5,7,13H2,1H3,(H,21,22). The predicted molar refractivity (Wildman–Crippen MR) is 91.3 cm³/mol. The highest BCUT2D eigenvalue weighted by Gasteiger charge is 2.16. The fourth-order valence-corrected chi connectivity index (χ4v) is 2.84. The van der Waals surface area contributed by atoms with E-state index in [4.69, 9.17) is 0 Å². The molecule has 0 fully saturated rings. The summed E-state index contributed by atoms with van der Waals surface area (Å²) >= 11 is 0. The maximum absolute atomic E-state index is 11.8. The first-order valence-corrected chi connectivity index (χ1v) is 8.14. The van der Waals surface area contributed by atoms with Gasteiger partial charge in [-0.3, -0.25) is 0 Å². The Morgan fingerprint density at radius 3 is 2.32 bits per heavy atom. The quantitative estimate of drug-likeness (QED) is 0.647. The van der Waals surface area contributed by atoms with Crippen LogP contribution in [0.4, 0.5) is 0 Å². The molecule has 0 spiro atoms. The molecule has 0 unspecified atom stereocenters. The minimum atomic E-state index is -0.831. The topological polar surface area (TPSA) is 37.3 Å². The SMILES string of the molecule is CCCCCCCc1cccc(-c2ccccc2)c1C(=O)O. The number of carboxylic acids is 1. The third-order valence-electron chi connectivity index (χ3n) is 4.00. The molecule has 2 heteroatoms. The molecule has 0 heterocycles. The van der Waals surface area contributed by atoms with Gasteiger partial charge in [-0.05, 0) is 29.5 Å². The van der Waals surface area contributed by atoms with Crippen LogP contribution in [0.15, 0.2) is 48.5 Å². The van der Waals surface area contributed by atoms with E-state index in [1.54, 1.807) is 0 Å². The lowest BCUT2D eigenvalue weighted by molar-refractivity contribution is 0.0696. The second-order valence-electron chi connectivity index (χ2n) is 5.68. The van der Waals surface area contributed by atoms with E-state index in [1.165, 1.54) is 25.7 Å². The number of unbranched alkanes of at least 4 members (excludes halogenated alkanes) is 4. The zero-order chi connectivity index (χ0) is 15.8. The highest BCUT2D eigenvalue weighted by Crippen LogP contribution is 2.27. The van der Waals surface area contributed by atoms with Crippen LogP contribution in [0.3, 0.4) is 0 Å². The summed E-state index contributed by atoms with van der Waals surface area (Å²) in [4.78, 5) is 11.8. The largest absolute Gasteiger partial charge is 0.478 e. The molecule has 0 saturated carbocycles. The highest BCUT2D eigenvalue weighted by molar-refractivity contribution is 5.97. The van der Waals surface area contributed by atoms with Gasteiger partial charge in [0, 0.05) is 0 Å². The molecule has 0 aliphatic carbocycles. The van der Waals surface area contributed by atoms with Gasteiger partial charge in [-0.15, -0.1) is 0 Å². The van der Waals surface area contributed by atoms with E-state index in [9.17, 15) is 9.90 Å². The fourth-order valence-electron chi connectivity index (χ4n) is 2.84. The maximum atomic E-state index is 11.8.